The van der Waals surface area contributed by atoms with E-state index in [4.69, 9.17) is 4.74 Å². The van der Waals surface area contributed by atoms with Crippen LogP contribution in [0.4, 0.5) is 0 Å². The van der Waals surface area contributed by atoms with Crippen molar-refractivity contribution < 1.29 is 4.74 Å². The summed E-state index contributed by atoms with van der Waals surface area (Å²) in [5, 5.41) is 0. The van der Waals surface area contributed by atoms with Crippen molar-refractivity contribution in [2.45, 2.75) is 0 Å². The van der Waals surface area contributed by atoms with Crippen molar-refractivity contribution in [3.8, 4) is 5.75 Å². The minimum Gasteiger partial charge on any atom is -0.482 e. The zero-order chi connectivity index (χ0) is 6.53. The van der Waals surface area contributed by atoms with Gasteiger partial charge in [0.2, 0.25) is 0 Å². The van der Waals surface area contributed by atoms with Crippen LogP contribution in [0.3, 0.4) is 0 Å². The van der Waals surface area contributed by atoms with Gasteiger partial charge in [-0.3, -0.25) is 4.98 Å². The van der Waals surface area contributed by atoms with Crippen LogP contribution in [0.5, 0.6) is 5.75 Å². The summed E-state index contributed by atoms with van der Waals surface area (Å²) >= 11 is 3.14. The number of aromatic nitrogens is 1. The topological polar surface area (TPSA) is 22.1 Å². The lowest BCUT2D eigenvalue weighted by molar-refractivity contribution is 0.397. The maximum Gasteiger partial charge on any atom is 0.143 e. The minimum atomic E-state index is 0.525. The Morgan fingerprint density at radius 2 is 2.11 bits per heavy atom. The second kappa shape index (κ2) is 3.45. The molecule has 9 heavy (non-hydrogen) atoms. The van der Waals surface area contributed by atoms with E-state index in [1.807, 2.05) is 0 Å². The van der Waals surface area contributed by atoms with E-state index in [0.29, 0.717) is 5.52 Å². The maximum atomic E-state index is 5.08. The van der Waals surface area contributed by atoms with E-state index in [1.54, 1.807) is 24.5 Å². The molecule has 0 aliphatic carbocycles. The zero-order valence-electron chi connectivity index (χ0n) is 4.75. The summed E-state index contributed by atoms with van der Waals surface area (Å²) in [5.74, 6) is 0.835. The van der Waals surface area contributed by atoms with Crippen molar-refractivity contribution in [1.29, 1.82) is 0 Å². The number of hydrogen-bond donors (Lipinski definition) is 0. The molecule has 0 aromatic carbocycles. The summed E-state index contributed by atoms with van der Waals surface area (Å²) < 4.78 is 5.08. The molecular weight excluding hydrogens is 182 g/mol. The van der Waals surface area contributed by atoms with E-state index < -0.39 is 0 Å². The highest BCUT2D eigenvalue weighted by Crippen LogP contribution is 2.06. The van der Waals surface area contributed by atoms with Gasteiger partial charge in [0.1, 0.15) is 11.3 Å². The molecule has 0 saturated heterocycles. The van der Waals surface area contributed by atoms with Crippen molar-refractivity contribution in [2.75, 3.05) is 5.52 Å². The molecule has 0 radical (unpaired) electrons. The van der Waals surface area contributed by atoms with Crippen LogP contribution in [0, 0.1) is 0 Å². The summed E-state index contributed by atoms with van der Waals surface area (Å²) in [6.45, 7) is 0. The van der Waals surface area contributed by atoms with Crippen LogP contribution < -0.4 is 4.74 Å². The van der Waals surface area contributed by atoms with Crippen molar-refractivity contribution in [1.82, 2.24) is 4.98 Å². The molecule has 0 bridgehead atoms. The first-order valence-corrected chi connectivity index (χ1v) is 3.64. The monoisotopic (exact) mass is 187 g/mol. The number of nitrogens with zero attached hydrogens (tertiary/aromatic N) is 1. The van der Waals surface area contributed by atoms with E-state index in [1.165, 1.54) is 0 Å². The molecule has 1 aromatic rings. The number of ether oxygens (including phenoxy) is 1. The number of halogens is 1. The minimum absolute atomic E-state index is 0.525. The molecule has 0 aliphatic rings. The lowest BCUT2D eigenvalue weighted by atomic mass is 10.5. The number of hydrogen-bond acceptors (Lipinski definition) is 2. The Morgan fingerprint density at radius 1 is 1.44 bits per heavy atom. The molecule has 1 aromatic heterocycles. The molecule has 0 unspecified atom stereocenters. The molecule has 0 spiro atoms. The fourth-order valence-electron chi connectivity index (χ4n) is 0.497. The van der Waals surface area contributed by atoms with Crippen LogP contribution in [0.2, 0.25) is 0 Å². The van der Waals surface area contributed by atoms with E-state index >= 15 is 0 Å². The molecule has 2 nitrogen and oxygen atoms in total. The molecule has 0 amide bonds. The Bertz CT molecular complexity index is 166. The molecule has 48 valence electrons. The molecule has 0 N–H and O–H groups in total. The molecule has 0 atom stereocenters. The summed E-state index contributed by atoms with van der Waals surface area (Å²) in [4.78, 5) is 3.83. The molecule has 0 saturated carbocycles. The van der Waals surface area contributed by atoms with Gasteiger partial charge in [-0.25, -0.2) is 0 Å². The number of pyridine rings is 1. The lowest BCUT2D eigenvalue weighted by Gasteiger charge is -1.97. The van der Waals surface area contributed by atoms with Crippen LogP contribution in [-0.4, -0.2) is 10.5 Å². The van der Waals surface area contributed by atoms with Crippen LogP contribution in [-0.2, 0) is 0 Å². The fraction of sp³-hybridized carbons (Fsp3) is 0.167. The standard InChI is InChI=1S/C6H6BrNO/c7-5-9-6-1-3-8-4-2-6/h1-4H,5H2. The quantitative estimate of drug-likeness (QED) is 0.660. The normalized spacial score (nSPS) is 9.00. The van der Waals surface area contributed by atoms with Gasteiger partial charge in [-0.2, -0.15) is 0 Å². The lowest BCUT2D eigenvalue weighted by Crippen LogP contribution is -1.86. The predicted octanol–water partition coefficient (Wildman–Crippen LogP) is 1.81. The Hall–Kier alpha value is -0.570. The third-order valence-electron chi connectivity index (χ3n) is 0.871. The first-order valence-electron chi connectivity index (χ1n) is 2.52. The average Bonchev–Trinajstić information content (AvgIpc) is 1.91. The summed E-state index contributed by atoms with van der Waals surface area (Å²) in [5.41, 5.74) is 0.525. The van der Waals surface area contributed by atoms with Crippen LogP contribution in [0.15, 0.2) is 24.5 Å². The number of rotatable bonds is 2. The van der Waals surface area contributed by atoms with Gasteiger partial charge in [0.05, 0.1) is 0 Å². The van der Waals surface area contributed by atoms with Gasteiger partial charge in [-0.15, -0.1) is 0 Å². The molecule has 3 heteroatoms. The van der Waals surface area contributed by atoms with Gasteiger partial charge >= 0.3 is 0 Å². The summed E-state index contributed by atoms with van der Waals surface area (Å²) in [7, 11) is 0. The van der Waals surface area contributed by atoms with E-state index in [9.17, 15) is 0 Å². The molecule has 1 rings (SSSR count). The average molecular weight is 188 g/mol. The van der Waals surface area contributed by atoms with E-state index in [2.05, 4.69) is 20.9 Å². The highest BCUT2D eigenvalue weighted by molar-refractivity contribution is 9.09. The highest BCUT2D eigenvalue weighted by Gasteiger charge is 1.85. The van der Waals surface area contributed by atoms with Gasteiger partial charge in [0.25, 0.3) is 0 Å². The van der Waals surface area contributed by atoms with Crippen molar-refractivity contribution in [3.63, 3.8) is 0 Å². The van der Waals surface area contributed by atoms with Gasteiger partial charge < -0.3 is 4.74 Å². The van der Waals surface area contributed by atoms with Crippen LogP contribution in [0.1, 0.15) is 0 Å². The Labute approximate surface area is 62.0 Å². The Morgan fingerprint density at radius 3 is 2.67 bits per heavy atom. The summed E-state index contributed by atoms with van der Waals surface area (Å²) in [6.07, 6.45) is 3.38. The SMILES string of the molecule is BrCOc1ccncc1. The molecule has 1 heterocycles. The molecule has 0 aliphatic heterocycles. The Balaban J connectivity index is 2.61. The second-order valence-corrected chi connectivity index (χ2v) is 1.89. The second-order valence-electron chi connectivity index (χ2n) is 1.44. The van der Waals surface area contributed by atoms with Gasteiger partial charge in [0.15, 0.2) is 0 Å². The first kappa shape index (κ1) is 6.55. The predicted molar refractivity (Wildman–Crippen MR) is 38.7 cm³/mol. The van der Waals surface area contributed by atoms with Crippen LogP contribution >= 0.6 is 15.9 Å². The fourth-order valence-corrected chi connectivity index (χ4v) is 0.762. The van der Waals surface area contributed by atoms with Crippen molar-refractivity contribution in [3.05, 3.63) is 24.5 Å². The zero-order valence-corrected chi connectivity index (χ0v) is 6.34. The Kier molecular flexibility index (Phi) is 2.51. The van der Waals surface area contributed by atoms with Crippen molar-refractivity contribution in [2.24, 2.45) is 0 Å². The van der Waals surface area contributed by atoms with Crippen molar-refractivity contribution >= 4 is 15.9 Å². The number of alkyl halides is 1. The van der Waals surface area contributed by atoms with Crippen LogP contribution in [0.25, 0.3) is 0 Å². The van der Waals surface area contributed by atoms with Gasteiger partial charge in [0, 0.05) is 12.4 Å². The van der Waals surface area contributed by atoms with Gasteiger partial charge in [-0.05, 0) is 28.1 Å². The smallest absolute Gasteiger partial charge is 0.143 e. The molecule has 0 fully saturated rings. The maximum absolute atomic E-state index is 5.08. The first-order chi connectivity index (χ1) is 4.43. The van der Waals surface area contributed by atoms with E-state index in [0.717, 1.165) is 5.75 Å². The summed E-state index contributed by atoms with van der Waals surface area (Å²) in [6, 6.07) is 3.61. The largest absolute Gasteiger partial charge is 0.482 e. The third-order valence-corrected chi connectivity index (χ3v) is 1.10. The van der Waals surface area contributed by atoms with E-state index in [-0.39, 0.29) is 0 Å². The third kappa shape index (κ3) is 2.01. The molecular formula is C6H6BrNO. The van der Waals surface area contributed by atoms with Gasteiger partial charge in [-0.1, -0.05) is 0 Å². The highest BCUT2D eigenvalue weighted by atomic mass is 79.9.